The van der Waals surface area contributed by atoms with Crippen molar-refractivity contribution in [3.8, 4) is 6.07 Å². The third kappa shape index (κ3) is 2.15. The number of fused-ring (bicyclic) bond motifs is 1. The minimum absolute atomic E-state index is 0.258. The molecule has 0 aromatic heterocycles. The molecule has 0 saturated carbocycles. The summed E-state index contributed by atoms with van der Waals surface area (Å²) in [5.74, 6) is -0.258. The Hall–Kier alpha value is -2.64. The summed E-state index contributed by atoms with van der Waals surface area (Å²) in [6.07, 6.45) is 0. The summed E-state index contributed by atoms with van der Waals surface area (Å²) in [5.41, 5.74) is 2.88. The van der Waals surface area contributed by atoms with E-state index in [2.05, 4.69) is 10.3 Å². The van der Waals surface area contributed by atoms with E-state index in [0.29, 0.717) is 33.2 Å². The fourth-order valence-corrected chi connectivity index (χ4v) is 2.15. The van der Waals surface area contributed by atoms with Gasteiger partial charge < -0.3 is 5.32 Å². The second kappa shape index (κ2) is 4.80. The molecule has 0 atom stereocenters. The topological polar surface area (TPSA) is 65.2 Å². The van der Waals surface area contributed by atoms with Crippen molar-refractivity contribution in [3.05, 3.63) is 58.6 Å². The van der Waals surface area contributed by atoms with Gasteiger partial charge in [-0.25, -0.2) is 4.99 Å². The second-order valence-corrected chi connectivity index (χ2v) is 4.70. The molecule has 0 fully saturated rings. The van der Waals surface area contributed by atoms with Gasteiger partial charge in [-0.2, -0.15) is 5.26 Å². The van der Waals surface area contributed by atoms with Crippen molar-refractivity contribution < 1.29 is 4.79 Å². The molecule has 96 valence electrons. The zero-order chi connectivity index (χ0) is 14.1. The summed E-state index contributed by atoms with van der Waals surface area (Å²) in [6.45, 7) is 0. The highest BCUT2D eigenvalue weighted by atomic mass is 35.5. The van der Waals surface area contributed by atoms with Gasteiger partial charge in [0.25, 0.3) is 5.91 Å². The van der Waals surface area contributed by atoms with Crippen molar-refractivity contribution in [2.24, 2.45) is 4.99 Å². The van der Waals surface area contributed by atoms with E-state index in [1.165, 1.54) is 0 Å². The zero-order valence-electron chi connectivity index (χ0n) is 10.2. The van der Waals surface area contributed by atoms with Crippen molar-refractivity contribution in [2.45, 2.75) is 0 Å². The maximum Gasteiger partial charge on any atom is 0.275 e. The first kappa shape index (κ1) is 12.4. The number of carbonyl (C=O) groups excluding carboxylic acids is 1. The summed E-state index contributed by atoms with van der Waals surface area (Å²) < 4.78 is 0. The van der Waals surface area contributed by atoms with Crippen LogP contribution in [0.4, 0.5) is 11.4 Å². The molecule has 5 heteroatoms. The lowest BCUT2D eigenvalue weighted by atomic mass is 10.1. The van der Waals surface area contributed by atoms with E-state index in [-0.39, 0.29) is 5.91 Å². The Balaban J connectivity index is 2.06. The molecule has 1 heterocycles. The fraction of sp³-hybridized carbons (Fsp3) is 0. The van der Waals surface area contributed by atoms with Crippen LogP contribution in [0, 0.1) is 11.3 Å². The molecule has 1 aliphatic rings. The Bertz CT molecular complexity index is 773. The second-order valence-electron chi connectivity index (χ2n) is 4.26. The quantitative estimate of drug-likeness (QED) is 0.872. The van der Waals surface area contributed by atoms with Crippen LogP contribution in [0.2, 0.25) is 5.02 Å². The van der Waals surface area contributed by atoms with E-state index in [1.807, 2.05) is 6.07 Å². The molecule has 0 aliphatic carbocycles. The van der Waals surface area contributed by atoms with Crippen molar-refractivity contribution in [3.63, 3.8) is 0 Å². The van der Waals surface area contributed by atoms with E-state index in [4.69, 9.17) is 16.9 Å². The van der Waals surface area contributed by atoms with E-state index in [9.17, 15) is 4.79 Å². The standard InChI is InChI=1S/C15H8ClN3O/c16-10-3-6-13-12(7-10)14(15(20)19-13)18-11-4-1-9(8-17)2-5-11/h1-7H,(H,18,19,20). The predicted molar refractivity (Wildman–Crippen MR) is 77.4 cm³/mol. The summed E-state index contributed by atoms with van der Waals surface area (Å²) in [5, 5.41) is 12.0. The number of amides is 1. The minimum atomic E-state index is -0.258. The fourth-order valence-electron chi connectivity index (χ4n) is 1.98. The molecule has 0 unspecified atom stereocenters. The smallest absolute Gasteiger partial charge is 0.275 e. The average Bonchev–Trinajstić information content (AvgIpc) is 2.76. The number of nitriles is 1. The van der Waals surface area contributed by atoms with Crippen molar-refractivity contribution in [2.75, 3.05) is 5.32 Å². The van der Waals surface area contributed by atoms with Gasteiger partial charge in [-0.15, -0.1) is 0 Å². The van der Waals surface area contributed by atoms with Gasteiger partial charge in [-0.05, 0) is 42.5 Å². The Labute approximate surface area is 120 Å². The molecular weight excluding hydrogens is 274 g/mol. The van der Waals surface area contributed by atoms with Gasteiger partial charge >= 0.3 is 0 Å². The molecule has 20 heavy (non-hydrogen) atoms. The van der Waals surface area contributed by atoms with Crippen LogP contribution in [-0.4, -0.2) is 11.6 Å². The molecule has 0 spiro atoms. The third-order valence-electron chi connectivity index (χ3n) is 2.94. The number of nitrogens with one attached hydrogen (secondary N) is 1. The van der Waals surface area contributed by atoms with Crippen LogP contribution in [0.25, 0.3) is 0 Å². The molecule has 0 radical (unpaired) electrons. The summed E-state index contributed by atoms with van der Waals surface area (Å²) in [7, 11) is 0. The van der Waals surface area contributed by atoms with Crippen LogP contribution in [0.1, 0.15) is 11.1 Å². The first-order valence-electron chi connectivity index (χ1n) is 5.87. The molecule has 0 bridgehead atoms. The summed E-state index contributed by atoms with van der Waals surface area (Å²) in [4.78, 5) is 16.3. The number of carbonyl (C=O) groups is 1. The van der Waals surface area contributed by atoms with Gasteiger partial charge in [0, 0.05) is 10.6 Å². The Kier molecular flexibility index (Phi) is 2.97. The van der Waals surface area contributed by atoms with Gasteiger partial charge in [0.05, 0.1) is 23.0 Å². The molecule has 2 aromatic rings. The Morgan fingerprint density at radius 1 is 1.15 bits per heavy atom. The Morgan fingerprint density at radius 3 is 2.60 bits per heavy atom. The molecular formula is C15H8ClN3O. The largest absolute Gasteiger partial charge is 0.320 e. The Morgan fingerprint density at radius 2 is 1.90 bits per heavy atom. The van der Waals surface area contributed by atoms with Crippen LogP contribution in [0.5, 0.6) is 0 Å². The molecule has 1 N–H and O–H groups in total. The van der Waals surface area contributed by atoms with Gasteiger partial charge in [-0.1, -0.05) is 11.6 Å². The monoisotopic (exact) mass is 281 g/mol. The first-order valence-corrected chi connectivity index (χ1v) is 6.25. The van der Waals surface area contributed by atoms with Gasteiger partial charge in [0.2, 0.25) is 0 Å². The molecule has 1 aliphatic heterocycles. The van der Waals surface area contributed by atoms with Gasteiger partial charge in [-0.3, -0.25) is 4.79 Å². The lowest BCUT2D eigenvalue weighted by molar-refractivity contribution is -0.110. The zero-order valence-corrected chi connectivity index (χ0v) is 11.0. The molecule has 1 amide bonds. The lowest BCUT2D eigenvalue weighted by Gasteiger charge is -1.99. The average molecular weight is 282 g/mol. The first-order chi connectivity index (χ1) is 9.67. The molecule has 0 saturated heterocycles. The van der Waals surface area contributed by atoms with Crippen molar-refractivity contribution >= 4 is 34.6 Å². The predicted octanol–water partition coefficient (Wildman–Crippen LogP) is 3.28. The third-order valence-corrected chi connectivity index (χ3v) is 3.17. The van der Waals surface area contributed by atoms with Crippen molar-refractivity contribution in [1.82, 2.24) is 0 Å². The van der Waals surface area contributed by atoms with E-state index in [1.54, 1.807) is 42.5 Å². The summed E-state index contributed by atoms with van der Waals surface area (Å²) >= 11 is 5.95. The van der Waals surface area contributed by atoms with Crippen LogP contribution < -0.4 is 5.32 Å². The normalized spacial score (nSPS) is 14.8. The number of hydrogen-bond acceptors (Lipinski definition) is 3. The number of nitrogens with zero attached hydrogens (tertiary/aromatic N) is 2. The van der Waals surface area contributed by atoms with E-state index >= 15 is 0 Å². The molecule has 4 nitrogen and oxygen atoms in total. The minimum Gasteiger partial charge on any atom is -0.320 e. The van der Waals surface area contributed by atoms with E-state index in [0.717, 1.165) is 0 Å². The van der Waals surface area contributed by atoms with Crippen LogP contribution in [-0.2, 0) is 4.79 Å². The molecule has 2 aromatic carbocycles. The summed E-state index contributed by atoms with van der Waals surface area (Å²) in [6, 6.07) is 13.9. The highest BCUT2D eigenvalue weighted by Crippen LogP contribution is 2.28. The highest BCUT2D eigenvalue weighted by molar-refractivity contribution is 6.54. The lowest BCUT2D eigenvalue weighted by Crippen LogP contribution is -2.13. The maximum absolute atomic E-state index is 11.9. The molecule has 3 rings (SSSR count). The van der Waals surface area contributed by atoms with Crippen LogP contribution in [0.15, 0.2) is 47.5 Å². The van der Waals surface area contributed by atoms with Gasteiger partial charge in [0.1, 0.15) is 5.71 Å². The van der Waals surface area contributed by atoms with E-state index < -0.39 is 0 Å². The number of aliphatic imine (C=N–C) groups is 1. The van der Waals surface area contributed by atoms with Crippen LogP contribution in [0.3, 0.4) is 0 Å². The SMILES string of the molecule is N#Cc1ccc(N=C2C(=O)Nc3ccc(Cl)cc32)cc1. The number of hydrogen-bond donors (Lipinski definition) is 1. The number of rotatable bonds is 1. The van der Waals surface area contributed by atoms with Crippen LogP contribution >= 0.6 is 11.6 Å². The number of benzene rings is 2. The number of anilines is 1. The highest BCUT2D eigenvalue weighted by Gasteiger charge is 2.25. The van der Waals surface area contributed by atoms with Gasteiger partial charge in [0.15, 0.2) is 0 Å². The van der Waals surface area contributed by atoms with Crippen molar-refractivity contribution in [1.29, 1.82) is 5.26 Å². The number of halogens is 1. The maximum atomic E-state index is 11.9.